The summed E-state index contributed by atoms with van der Waals surface area (Å²) in [5.74, 6) is 7.66. The number of halogens is 2. The number of benzene rings is 1. The van der Waals surface area contributed by atoms with Crippen molar-refractivity contribution in [2.75, 3.05) is 11.6 Å². The zero-order chi connectivity index (χ0) is 21.0. The number of ether oxygens (including phenoxy) is 1. The molecule has 1 aromatic heterocycles. The molecule has 29 heavy (non-hydrogen) atoms. The molecule has 0 saturated heterocycles. The maximum atomic E-state index is 12.3. The third-order valence-electron chi connectivity index (χ3n) is 5.39. The third kappa shape index (κ3) is 5.37. The average Bonchev–Trinajstić information content (AvgIpc) is 3.04. The summed E-state index contributed by atoms with van der Waals surface area (Å²) in [6.45, 7) is 1.53. The van der Waals surface area contributed by atoms with Crippen LogP contribution < -0.4 is 15.9 Å². The van der Waals surface area contributed by atoms with Crippen LogP contribution in [0.2, 0.25) is 0 Å². The number of carbonyl (C=O) groups excluding carboxylic acids is 1. The van der Waals surface area contributed by atoms with Gasteiger partial charge in [0.05, 0.1) is 5.75 Å². The van der Waals surface area contributed by atoms with Crippen LogP contribution in [0.15, 0.2) is 29.4 Å². The molecule has 0 bridgehead atoms. The Morgan fingerprint density at radius 2 is 2.03 bits per heavy atom. The summed E-state index contributed by atoms with van der Waals surface area (Å²) in [6, 6.07) is 6.15. The second-order valence-electron chi connectivity index (χ2n) is 7.31. The number of hydrogen-bond acceptors (Lipinski definition) is 6. The molecule has 1 amide bonds. The van der Waals surface area contributed by atoms with E-state index < -0.39 is 6.61 Å². The number of alkyl halides is 2. The van der Waals surface area contributed by atoms with Crippen molar-refractivity contribution >= 4 is 17.7 Å². The Bertz CT molecular complexity index is 831. The Morgan fingerprint density at radius 1 is 1.31 bits per heavy atom. The molecular weight excluding hydrogens is 400 g/mol. The lowest BCUT2D eigenvalue weighted by molar-refractivity contribution is -0.120. The lowest BCUT2D eigenvalue weighted by Gasteiger charge is -2.34. The standard InChI is InChI=1S/C19H25F2N5O2S/c1-11-4-3-5-15(12(11)2)23-16(27)10-29-19-25-24-17(26(19)22)13-6-8-14(9-7-13)28-18(20)21/h6-9,11-12,15,18H,3-5,10,22H2,1-2H3,(H,23,27). The number of aromatic nitrogens is 3. The minimum Gasteiger partial charge on any atom is -0.435 e. The van der Waals surface area contributed by atoms with Gasteiger partial charge in [0.25, 0.3) is 0 Å². The molecule has 7 nitrogen and oxygen atoms in total. The molecule has 2 aromatic rings. The number of nitrogens with zero attached hydrogens (tertiary/aromatic N) is 3. The highest BCUT2D eigenvalue weighted by Gasteiger charge is 2.28. The van der Waals surface area contributed by atoms with E-state index in [9.17, 15) is 13.6 Å². The summed E-state index contributed by atoms with van der Waals surface area (Å²) in [5.41, 5.74) is 0.600. The van der Waals surface area contributed by atoms with Crippen molar-refractivity contribution in [3.63, 3.8) is 0 Å². The van der Waals surface area contributed by atoms with Gasteiger partial charge in [0.1, 0.15) is 5.75 Å². The number of thioether (sulfide) groups is 1. The van der Waals surface area contributed by atoms with Crippen molar-refractivity contribution in [1.82, 2.24) is 20.2 Å². The molecule has 1 saturated carbocycles. The van der Waals surface area contributed by atoms with Gasteiger partial charge in [0, 0.05) is 11.6 Å². The highest BCUT2D eigenvalue weighted by atomic mass is 32.2. The Labute approximate surface area is 172 Å². The number of nitrogens with one attached hydrogen (secondary N) is 1. The topological polar surface area (TPSA) is 95.1 Å². The van der Waals surface area contributed by atoms with Gasteiger partial charge in [0.2, 0.25) is 11.1 Å². The molecular formula is C19H25F2N5O2S. The Balaban J connectivity index is 1.57. The number of rotatable bonds is 7. The van der Waals surface area contributed by atoms with E-state index in [0.717, 1.165) is 12.8 Å². The van der Waals surface area contributed by atoms with Gasteiger partial charge in [-0.15, -0.1) is 10.2 Å². The summed E-state index contributed by atoms with van der Waals surface area (Å²) in [7, 11) is 0. The van der Waals surface area contributed by atoms with E-state index in [1.165, 1.54) is 35.0 Å². The zero-order valence-electron chi connectivity index (χ0n) is 16.3. The molecule has 0 spiro atoms. The molecule has 1 aliphatic carbocycles. The predicted octanol–water partition coefficient (Wildman–Crippen LogP) is 3.29. The maximum absolute atomic E-state index is 12.3. The first-order chi connectivity index (χ1) is 13.8. The monoisotopic (exact) mass is 425 g/mol. The van der Waals surface area contributed by atoms with Crippen LogP contribution in [0, 0.1) is 11.8 Å². The second kappa shape index (κ2) is 9.43. The highest BCUT2D eigenvalue weighted by Crippen LogP contribution is 2.30. The zero-order valence-corrected chi connectivity index (χ0v) is 17.2. The summed E-state index contributed by atoms with van der Waals surface area (Å²) in [4.78, 5) is 12.3. The van der Waals surface area contributed by atoms with E-state index in [1.54, 1.807) is 12.1 Å². The highest BCUT2D eigenvalue weighted by molar-refractivity contribution is 7.99. The van der Waals surface area contributed by atoms with Crippen LogP contribution in [0.4, 0.5) is 8.78 Å². The van der Waals surface area contributed by atoms with Crippen LogP contribution in [0.5, 0.6) is 5.75 Å². The van der Waals surface area contributed by atoms with Crippen molar-refractivity contribution in [2.24, 2.45) is 11.8 Å². The van der Waals surface area contributed by atoms with Gasteiger partial charge in [-0.1, -0.05) is 38.5 Å². The molecule has 0 radical (unpaired) electrons. The van der Waals surface area contributed by atoms with Crippen LogP contribution in [-0.4, -0.2) is 39.2 Å². The van der Waals surface area contributed by atoms with Crippen LogP contribution in [0.3, 0.4) is 0 Å². The van der Waals surface area contributed by atoms with Crippen molar-refractivity contribution < 1.29 is 18.3 Å². The number of nitrogen functional groups attached to an aromatic ring is 1. The molecule has 3 N–H and O–H groups in total. The van der Waals surface area contributed by atoms with Crippen molar-refractivity contribution in [3.05, 3.63) is 24.3 Å². The lowest BCUT2D eigenvalue weighted by atomic mass is 9.78. The molecule has 3 rings (SSSR count). The Hall–Kier alpha value is -2.36. The van der Waals surface area contributed by atoms with Crippen molar-refractivity contribution in [3.8, 4) is 17.1 Å². The lowest BCUT2D eigenvalue weighted by Crippen LogP contribution is -2.44. The quantitative estimate of drug-likeness (QED) is 0.522. The molecule has 1 heterocycles. The third-order valence-corrected chi connectivity index (χ3v) is 6.33. The van der Waals surface area contributed by atoms with Crippen LogP contribution in [-0.2, 0) is 4.79 Å². The molecule has 1 fully saturated rings. The summed E-state index contributed by atoms with van der Waals surface area (Å²) in [5, 5.41) is 11.6. The van der Waals surface area contributed by atoms with E-state index in [2.05, 4.69) is 34.1 Å². The van der Waals surface area contributed by atoms with E-state index in [0.29, 0.717) is 28.4 Å². The van der Waals surface area contributed by atoms with Crippen LogP contribution >= 0.6 is 11.8 Å². The van der Waals surface area contributed by atoms with Gasteiger partial charge in [-0.25, -0.2) is 4.68 Å². The number of hydrogen-bond donors (Lipinski definition) is 2. The van der Waals surface area contributed by atoms with Gasteiger partial charge in [0.15, 0.2) is 5.82 Å². The second-order valence-corrected chi connectivity index (χ2v) is 8.25. The minimum absolute atomic E-state index is 0.0457. The fourth-order valence-electron chi connectivity index (χ4n) is 3.52. The fraction of sp³-hybridized carbons (Fsp3) is 0.526. The minimum atomic E-state index is -2.88. The number of carbonyl (C=O) groups is 1. The maximum Gasteiger partial charge on any atom is 0.387 e. The average molecular weight is 426 g/mol. The molecule has 1 aromatic carbocycles. The van der Waals surface area contributed by atoms with Crippen molar-refractivity contribution in [2.45, 2.75) is 50.9 Å². The number of nitrogens with two attached hydrogens (primary N) is 1. The smallest absolute Gasteiger partial charge is 0.387 e. The van der Waals surface area contributed by atoms with E-state index >= 15 is 0 Å². The van der Waals surface area contributed by atoms with Crippen LogP contribution in [0.25, 0.3) is 11.4 Å². The van der Waals surface area contributed by atoms with Gasteiger partial charge < -0.3 is 15.9 Å². The van der Waals surface area contributed by atoms with Gasteiger partial charge in [-0.3, -0.25) is 4.79 Å². The fourth-order valence-corrected chi connectivity index (χ4v) is 4.19. The Morgan fingerprint density at radius 3 is 2.72 bits per heavy atom. The largest absolute Gasteiger partial charge is 0.435 e. The molecule has 10 heteroatoms. The van der Waals surface area contributed by atoms with Crippen molar-refractivity contribution in [1.29, 1.82) is 0 Å². The first kappa shape index (κ1) is 21.4. The van der Waals surface area contributed by atoms with E-state index in [4.69, 9.17) is 5.84 Å². The number of amides is 1. The predicted molar refractivity (Wildman–Crippen MR) is 107 cm³/mol. The SMILES string of the molecule is CC1CCCC(NC(=O)CSc2nnc(-c3ccc(OC(F)F)cc3)n2N)C1C. The van der Waals surface area contributed by atoms with Gasteiger partial charge >= 0.3 is 6.61 Å². The summed E-state index contributed by atoms with van der Waals surface area (Å²) in [6.07, 6.45) is 3.34. The molecule has 0 aliphatic heterocycles. The first-order valence-corrected chi connectivity index (χ1v) is 10.5. The Kier molecular flexibility index (Phi) is 6.94. The normalized spacial score (nSPS) is 21.9. The van der Waals surface area contributed by atoms with Gasteiger partial charge in [-0.05, 0) is 42.5 Å². The molecule has 3 atom stereocenters. The molecule has 1 aliphatic rings. The van der Waals surface area contributed by atoms with E-state index in [-0.39, 0.29) is 23.5 Å². The van der Waals surface area contributed by atoms with Crippen LogP contribution in [0.1, 0.15) is 33.1 Å². The summed E-state index contributed by atoms with van der Waals surface area (Å²) < 4.78 is 30.1. The molecule has 158 valence electrons. The van der Waals surface area contributed by atoms with E-state index in [1.807, 2.05) is 0 Å². The summed E-state index contributed by atoms with van der Waals surface area (Å²) >= 11 is 1.20. The first-order valence-electron chi connectivity index (χ1n) is 9.53. The molecule has 3 unspecified atom stereocenters. The van der Waals surface area contributed by atoms with Gasteiger partial charge in [-0.2, -0.15) is 8.78 Å².